The van der Waals surface area contributed by atoms with E-state index in [1.54, 1.807) is 0 Å². The van der Waals surface area contributed by atoms with E-state index in [0.29, 0.717) is 0 Å². The standard InChI is InChI=1S/C18H35NO2/c1-4-6-8-9-10-11-12-13-15-19(14-7-5-2)18(21)16-17(3)20/h4-16H2,1-3H3. The fourth-order valence-electron chi connectivity index (χ4n) is 2.47. The van der Waals surface area contributed by atoms with Gasteiger partial charge in [0.05, 0.1) is 6.42 Å². The molecular weight excluding hydrogens is 262 g/mol. The zero-order chi connectivity index (χ0) is 15.9. The Hall–Kier alpha value is -0.860. The van der Waals surface area contributed by atoms with Gasteiger partial charge in [-0.1, -0.05) is 65.2 Å². The van der Waals surface area contributed by atoms with Crippen molar-refractivity contribution in [3.05, 3.63) is 0 Å². The van der Waals surface area contributed by atoms with Crippen LogP contribution in [0.5, 0.6) is 0 Å². The van der Waals surface area contributed by atoms with Crippen LogP contribution in [-0.4, -0.2) is 29.7 Å². The molecule has 0 saturated carbocycles. The maximum atomic E-state index is 12.0. The van der Waals surface area contributed by atoms with E-state index in [-0.39, 0.29) is 18.1 Å². The van der Waals surface area contributed by atoms with Crippen LogP contribution in [0.3, 0.4) is 0 Å². The molecule has 0 aromatic heterocycles. The van der Waals surface area contributed by atoms with Crippen molar-refractivity contribution < 1.29 is 9.59 Å². The first-order chi connectivity index (χ1) is 10.1. The van der Waals surface area contributed by atoms with Gasteiger partial charge in [-0.25, -0.2) is 0 Å². The highest BCUT2D eigenvalue weighted by atomic mass is 16.2. The molecule has 3 heteroatoms. The highest BCUT2D eigenvalue weighted by molar-refractivity contribution is 5.96. The molecule has 0 bridgehead atoms. The first-order valence-corrected chi connectivity index (χ1v) is 8.89. The van der Waals surface area contributed by atoms with Gasteiger partial charge in [0.25, 0.3) is 0 Å². The van der Waals surface area contributed by atoms with Gasteiger partial charge >= 0.3 is 0 Å². The number of nitrogens with zero attached hydrogens (tertiary/aromatic N) is 1. The summed E-state index contributed by atoms with van der Waals surface area (Å²) in [5, 5.41) is 0. The number of amides is 1. The van der Waals surface area contributed by atoms with Crippen LogP contribution >= 0.6 is 0 Å². The maximum Gasteiger partial charge on any atom is 0.230 e. The molecule has 0 aliphatic carbocycles. The molecule has 21 heavy (non-hydrogen) atoms. The molecule has 0 unspecified atom stereocenters. The van der Waals surface area contributed by atoms with Crippen molar-refractivity contribution in [3.63, 3.8) is 0 Å². The molecule has 0 rings (SSSR count). The number of carbonyl (C=O) groups is 2. The Bertz CT molecular complexity index is 276. The van der Waals surface area contributed by atoms with Crippen molar-refractivity contribution in [1.82, 2.24) is 4.90 Å². The minimum absolute atomic E-state index is 0.0129. The smallest absolute Gasteiger partial charge is 0.230 e. The van der Waals surface area contributed by atoms with Gasteiger partial charge in [0.2, 0.25) is 5.91 Å². The summed E-state index contributed by atoms with van der Waals surface area (Å²) in [6.07, 6.45) is 12.4. The van der Waals surface area contributed by atoms with Crippen LogP contribution in [0, 0.1) is 0 Å². The van der Waals surface area contributed by atoms with Crippen molar-refractivity contribution in [2.24, 2.45) is 0 Å². The molecule has 3 nitrogen and oxygen atoms in total. The Kier molecular flexibility index (Phi) is 13.5. The fraction of sp³-hybridized carbons (Fsp3) is 0.889. The third-order valence-electron chi connectivity index (χ3n) is 3.82. The third kappa shape index (κ3) is 12.6. The Balaban J connectivity index is 3.80. The molecule has 0 saturated heterocycles. The van der Waals surface area contributed by atoms with Crippen molar-refractivity contribution in [2.75, 3.05) is 13.1 Å². The predicted molar refractivity (Wildman–Crippen MR) is 89.4 cm³/mol. The lowest BCUT2D eigenvalue weighted by molar-refractivity contribution is -0.135. The zero-order valence-electron chi connectivity index (χ0n) is 14.5. The number of hydrogen-bond donors (Lipinski definition) is 0. The second-order valence-electron chi connectivity index (χ2n) is 6.09. The molecule has 0 N–H and O–H groups in total. The highest BCUT2D eigenvalue weighted by Crippen LogP contribution is 2.10. The summed E-state index contributed by atoms with van der Waals surface area (Å²) in [5.41, 5.74) is 0. The average molecular weight is 297 g/mol. The molecule has 1 amide bonds. The third-order valence-corrected chi connectivity index (χ3v) is 3.82. The number of rotatable bonds is 14. The Morgan fingerprint density at radius 2 is 1.19 bits per heavy atom. The van der Waals surface area contributed by atoms with E-state index in [1.807, 2.05) is 4.90 Å². The van der Waals surface area contributed by atoms with Gasteiger partial charge in [0.1, 0.15) is 5.78 Å². The Morgan fingerprint density at radius 3 is 1.71 bits per heavy atom. The molecule has 0 radical (unpaired) electrons. The first kappa shape index (κ1) is 20.1. The van der Waals surface area contributed by atoms with Crippen LogP contribution < -0.4 is 0 Å². The van der Waals surface area contributed by atoms with Gasteiger partial charge in [0.15, 0.2) is 0 Å². The Morgan fingerprint density at radius 1 is 0.714 bits per heavy atom. The van der Waals surface area contributed by atoms with Crippen molar-refractivity contribution in [2.45, 2.75) is 91.4 Å². The maximum absolute atomic E-state index is 12.0. The van der Waals surface area contributed by atoms with Gasteiger partial charge in [0, 0.05) is 13.1 Å². The summed E-state index contributed by atoms with van der Waals surface area (Å²) in [6, 6.07) is 0. The van der Waals surface area contributed by atoms with Crippen LogP contribution in [0.1, 0.15) is 91.4 Å². The number of unbranched alkanes of at least 4 members (excludes halogenated alkanes) is 8. The van der Waals surface area contributed by atoms with Gasteiger partial charge in [-0.05, 0) is 19.8 Å². The first-order valence-electron chi connectivity index (χ1n) is 8.89. The number of Topliss-reactive ketones (excluding diaryl/α,β-unsaturated/α-hetero) is 1. The summed E-state index contributed by atoms with van der Waals surface area (Å²) in [7, 11) is 0. The Labute approximate surface area is 131 Å². The van der Waals surface area contributed by atoms with Crippen molar-refractivity contribution >= 4 is 11.7 Å². The number of carbonyl (C=O) groups excluding carboxylic acids is 2. The second-order valence-corrected chi connectivity index (χ2v) is 6.09. The lowest BCUT2D eigenvalue weighted by atomic mass is 10.1. The summed E-state index contributed by atoms with van der Waals surface area (Å²) in [5.74, 6) is -0.0173. The topological polar surface area (TPSA) is 37.4 Å². The van der Waals surface area contributed by atoms with Gasteiger partial charge < -0.3 is 4.90 Å². The van der Waals surface area contributed by atoms with Crippen LogP contribution in [0.2, 0.25) is 0 Å². The van der Waals surface area contributed by atoms with Crippen molar-refractivity contribution in [3.8, 4) is 0 Å². The summed E-state index contributed by atoms with van der Waals surface area (Å²) in [6.45, 7) is 7.49. The van der Waals surface area contributed by atoms with Crippen LogP contribution in [0.15, 0.2) is 0 Å². The van der Waals surface area contributed by atoms with Gasteiger partial charge in [-0.15, -0.1) is 0 Å². The zero-order valence-corrected chi connectivity index (χ0v) is 14.5. The van der Waals surface area contributed by atoms with Crippen LogP contribution in [-0.2, 0) is 9.59 Å². The predicted octanol–water partition coefficient (Wildman–Crippen LogP) is 4.73. The quantitative estimate of drug-likeness (QED) is 0.343. The van der Waals surface area contributed by atoms with Crippen LogP contribution in [0.4, 0.5) is 0 Å². The van der Waals surface area contributed by atoms with E-state index in [1.165, 1.54) is 51.9 Å². The second kappa shape index (κ2) is 14.1. The van der Waals surface area contributed by atoms with E-state index in [9.17, 15) is 9.59 Å². The lowest BCUT2D eigenvalue weighted by Crippen LogP contribution is -2.33. The van der Waals surface area contributed by atoms with E-state index < -0.39 is 0 Å². The molecule has 0 aliphatic rings. The van der Waals surface area contributed by atoms with Gasteiger partial charge in [-0.2, -0.15) is 0 Å². The summed E-state index contributed by atoms with van der Waals surface area (Å²) >= 11 is 0. The number of hydrogen-bond acceptors (Lipinski definition) is 2. The van der Waals surface area contributed by atoms with Crippen molar-refractivity contribution in [1.29, 1.82) is 0 Å². The molecule has 0 heterocycles. The lowest BCUT2D eigenvalue weighted by Gasteiger charge is -2.22. The van der Waals surface area contributed by atoms with E-state index >= 15 is 0 Å². The molecule has 0 aromatic rings. The average Bonchev–Trinajstić information content (AvgIpc) is 2.44. The fourth-order valence-corrected chi connectivity index (χ4v) is 2.47. The molecule has 0 atom stereocenters. The monoisotopic (exact) mass is 297 g/mol. The molecule has 0 fully saturated rings. The van der Waals surface area contributed by atoms with E-state index in [0.717, 1.165) is 32.4 Å². The molecular formula is C18H35NO2. The van der Waals surface area contributed by atoms with E-state index in [4.69, 9.17) is 0 Å². The largest absolute Gasteiger partial charge is 0.342 e. The normalized spacial score (nSPS) is 10.6. The minimum atomic E-state index is -0.0302. The van der Waals surface area contributed by atoms with E-state index in [2.05, 4.69) is 13.8 Å². The highest BCUT2D eigenvalue weighted by Gasteiger charge is 2.14. The molecule has 0 aliphatic heterocycles. The SMILES string of the molecule is CCCCCCCCCCN(CCCC)C(=O)CC(C)=O. The minimum Gasteiger partial charge on any atom is -0.342 e. The van der Waals surface area contributed by atoms with Gasteiger partial charge in [-0.3, -0.25) is 9.59 Å². The summed E-state index contributed by atoms with van der Waals surface area (Å²) < 4.78 is 0. The molecule has 0 spiro atoms. The molecule has 124 valence electrons. The van der Waals surface area contributed by atoms with Crippen LogP contribution in [0.25, 0.3) is 0 Å². The summed E-state index contributed by atoms with van der Waals surface area (Å²) in [4.78, 5) is 25.0. The molecule has 0 aromatic carbocycles. The number of ketones is 1.